The van der Waals surface area contributed by atoms with Crippen LogP contribution in [0.15, 0.2) is 12.4 Å². The zero-order valence-electron chi connectivity index (χ0n) is 12.7. The predicted octanol–water partition coefficient (Wildman–Crippen LogP) is 1.69. The van der Waals surface area contributed by atoms with Crippen LogP contribution in [-0.4, -0.2) is 46.0 Å². The molecule has 2 amide bonds. The van der Waals surface area contributed by atoms with E-state index in [9.17, 15) is 4.79 Å². The average Bonchev–Trinajstić information content (AvgIpc) is 2.85. The fourth-order valence-corrected chi connectivity index (χ4v) is 2.34. The summed E-state index contributed by atoms with van der Waals surface area (Å²) in [4.78, 5) is 14.2. The maximum Gasteiger partial charge on any atom is 0.318 e. The van der Waals surface area contributed by atoms with Gasteiger partial charge in [-0.15, -0.1) is 0 Å². The SMILES string of the molecule is CC[C@@]1(C)CN(C(=O)N[C@H](C)c2cnn(C)c2)CCO1. The summed E-state index contributed by atoms with van der Waals surface area (Å²) in [7, 11) is 1.87. The van der Waals surface area contributed by atoms with Gasteiger partial charge in [0.1, 0.15) is 0 Å². The molecular weight excluding hydrogens is 256 g/mol. The van der Waals surface area contributed by atoms with Crippen LogP contribution < -0.4 is 5.32 Å². The molecule has 6 nitrogen and oxygen atoms in total. The minimum atomic E-state index is -0.229. The Balaban J connectivity index is 1.94. The molecule has 1 aromatic heterocycles. The number of hydrogen-bond acceptors (Lipinski definition) is 3. The van der Waals surface area contributed by atoms with Gasteiger partial charge in [0, 0.05) is 25.4 Å². The van der Waals surface area contributed by atoms with E-state index in [2.05, 4.69) is 24.3 Å². The van der Waals surface area contributed by atoms with Crippen LogP contribution in [0.1, 0.15) is 38.8 Å². The van der Waals surface area contributed by atoms with Gasteiger partial charge in [-0.2, -0.15) is 5.10 Å². The Morgan fingerprint density at radius 2 is 2.40 bits per heavy atom. The third-order valence-electron chi connectivity index (χ3n) is 3.94. The second-order valence-corrected chi connectivity index (χ2v) is 5.69. The molecule has 0 aromatic carbocycles. The second kappa shape index (κ2) is 5.83. The average molecular weight is 280 g/mol. The molecule has 2 heterocycles. The first kappa shape index (κ1) is 14.8. The first-order chi connectivity index (χ1) is 9.43. The minimum Gasteiger partial charge on any atom is -0.372 e. The number of nitrogens with one attached hydrogen (secondary N) is 1. The van der Waals surface area contributed by atoms with E-state index >= 15 is 0 Å². The zero-order valence-corrected chi connectivity index (χ0v) is 12.7. The number of ether oxygens (including phenoxy) is 1. The largest absolute Gasteiger partial charge is 0.372 e. The standard InChI is InChI=1S/C14H24N4O2/c1-5-14(3)10-18(6-7-20-14)13(19)16-11(2)12-8-15-17(4)9-12/h8-9,11H,5-7,10H2,1-4H3,(H,16,19)/t11-,14+/m1/s1. The molecule has 1 aliphatic heterocycles. The maximum absolute atomic E-state index is 12.3. The lowest BCUT2D eigenvalue weighted by atomic mass is 10.0. The van der Waals surface area contributed by atoms with Crippen molar-refractivity contribution in [3.05, 3.63) is 18.0 Å². The molecule has 6 heteroatoms. The van der Waals surface area contributed by atoms with E-state index in [0.717, 1.165) is 12.0 Å². The highest BCUT2D eigenvalue weighted by atomic mass is 16.5. The molecule has 0 radical (unpaired) electrons. The Labute approximate surface area is 120 Å². The van der Waals surface area contributed by atoms with Crippen molar-refractivity contribution in [1.29, 1.82) is 0 Å². The van der Waals surface area contributed by atoms with Crippen molar-refractivity contribution >= 4 is 6.03 Å². The topological polar surface area (TPSA) is 59.4 Å². The zero-order chi connectivity index (χ0) is 14.8. The molecule has 0 aliphatic carbocycles. The van der Waals surface area contributed by atoms with Crippen molar-refractivity contribution in [3.63, 3.8) is 0 Å². The number of hydrogen-bond donors (Lipinski definition) is 1. The molecule has 1 aliphatic rings. The van der Waals surface area contributed by atoms with E-state index < -0.39 is 0 Å². The number of rotatable bonds is 3. The van der Waals surface area contributed by atoms with Crippen LogP contribution in [0.3, 0.4) is 0 Å². The lowest BCUT2D eigenvalue weighted by Crippen LogP contribution is -2.54. The van der Waals surface area contributed by atoms with E-state index in [4.69, 9.17) is 4.74 Å². The van der Waals surface area contributed by atoms with Gasteiger partial charge in [0.05, 0.1) is 31.0 Å². The number of carbonyl (C=O) groups excluding carboxylic acids is 1. The first-order valence-electron chi connectivity index (χ1n) is 7.11. The molecule has 1 fully saturated rings. The number of morpholine rings is 1. The number of aromatic nitrogens is 2. The van der Waals surface area contributed by atoms with Crippen LogP contribution in [0.5, 0.6) is 0 Å². The van der Waals surface area contributed by atoms with E-state index in [0.29, 0.717) is 19.7 Å². The van der Waals surface area contributed by atoms with Gasteiger partial charge >= 0.3 is 6.03 Å². The number of aryl methyl sites for hydroxylation is 1. The van der Waals surface area contributed by atoms with Crippen LogP contribution in [-0.2, 0) is 11.8 Å². The fraction of sp³-hybridized carbons (Fsp3) is 0.714. The summed E-state index contributed by atoms with van der Waals surface area (Å²) in [6.07, 6.45) is 4.59. The van der Waals surface area contributed by atoms with Crippen molar-refractivity contribution in [3.8, 4) is 0 Å². The number of carbonyl (C=O) groups is 1. The highest BCUT2D eigenvalue weighted by molar-refractivity contribution is 5.74. The second-order valence-electron chi connectivity index (χ2n) is 5.69. The van der Waals surface area contributed by atoms with Crippen molar-refractivity contribution in [2.24, 2.45) is 7.05 Å². The third kappa shape index (κ3) is 3.30. The van der Waals surface area contributed by atoms with Crippen LogP contribution in [0.2, 0.25) is 0 Å². The fourth-order valence-electron chi connectivity index (χ4n) is 2.34. The maximum atomic E-state index is 12.3. The quantitative estimate of drug-likeness (QED) is 0.916. The predicted molar refractivity (Wildman–Crippen MR) is 76.4 cm³/mol. The minimum absolute atomic E-state index is 0.0377. The van der Waals surface area contributed by atoms with Gasteiger partial charge in [0.2, 0.25) is 0 Å². The first-order valence-corrected chi connectivity index (χ1v) is 7.11. The molecule has 112 valence electrons. The van der Waals surface area contributed by atoms with Crippen molar-refractivity contribution < 1.29 is 9.53 Å². The van der Waals surface area contributed by atoms with Gasteiger partial charge in [0.15, 0.2) is 0 Å². The Bertz CT molecular complexity index is 473. The van der Waals surface area contributed by atoms with Crippen LogP contribution in [0.4, 0.5) is 4.79 Å². The molecular formula is C14H24N4O2. The summed E-state index contributed by atoms with van der Waals surface area (Å²) < 4.78 is 7.49. The Hall–Kier alpha value is -1.56. The highest BCUT2D eigenvalue weighted by Gasteiger charge is 2.32. The van der Waals surface area contributed by atoms with Gasteiger partial charge in [0.25, 0.3) is 0 Å². The summed E-state index contributed by atoms with van der Waals surface area (Å²) >= 11 is 0. The van der Waals surface area contributed by atoms with Crippen LogP contribution in [0, 0.1) is 0 Å². The Morgan fingerprint density at radius 3 is 3.00 bits per heavy atom. The monoisotopic (exact) mass is 280 g/mol. The number of nitrogens with zero attached hydrogens (tertiary/aromatic N) is 3. The summed E-state index contributed by atoms with van der Waals surface area (Å²) in [5.41, 5.74) is 0.778. The van der Waals surface area contributed by atoms with Crippen molar-refractivity contribution in [2.45, 2.75) is 38.8 Å². The molecule has 20 heavy (non-hydrogen) atoms. The molecule has 1 aromatic rings. The van der Waals surface area contributed by atoms with Crippen molar-refractivity contribution in [2.75, 3.05) is 19.7 Å². The van der Waals surface area contributed by atoms with Gasteiger partial charge in [-0.1, -0.05) is 6.92 Å². The molecule has 1 saturated heterocycles. The van der Waals surface area contributed by atoms with Gasteiger partial charge < -0.3 is 15.0 Å². The third-order valence-corrected chi connectivity index (χ3v) is 3.94. The van der Waals surface area contributed by atoms with Gasteiger partial charge in [-0.05, 0) is 20.3 Å². The van der Waals surface area contributed by atoms with E-state index in [1.54, 1.807) is 10.9 Å². The van der Waals surface area contributed by atoms with Crippen LogP contribution in [0.25, 0.3) is 0 Å². The summed E-state index contributed by atoms with van der Waals surface area (Å²) in [6, 6.07) is -0.0868. The lowest BCUT2D eigenvalue weighted by Gasteiger charge is -2.40. The highest BCUT2D eigenvalue weighted by Crippen LogP contribution is 2.21. The molecule has 2 atom stereocenters. The Morgan fingerprint density at radius 1 is 1.65 bits per heavy atom. The summed E-state index contributed by atoms with van der Waals surface area (Å²) in [5, 5.41) is 7.14. The summed E-state index contributed by atoms with van der Waals surface area (Å²) in [5.74, 6) is 0. The molecule has 1 N–H and O–H groups in total. The van der Waals surface area contributed by atoms with Gasteiger partial charge in [-0.3, -0.25) is 4.68 Å². The molecule has 0 bridgehead atoms. The van der Waals surface area contributed by atoms with E-state index in [-0.39, 0.29) is 17.7 Å². The Kier molecular flexibility index (Phi) is 4.32. The smallest absolute Gasteiger partial charge is 0.318 e. The van der Waals surface area contributed by atoms with Crippen LogP contribution >= 0.6 is 0 Å². The van der Waals surface area contributed by atoms with Gasteiger partial charge in [-0.25, -0.2) is 4.79 Å². The lowest BCUT2D eigenvalue weighted by molar-refractivity contribution is -0.0874. The van der Waals surface area contributed by atoms with E-state index in [1.165, 1.54) is 0 Å². The molecule has 0 unspecified atom stereocenters. The summed E-state index contributed by atoms with van der Waals surface area (Å²) in [6.45, 7) is 7.97. The normalized spacial score (nSPS) is 24.5. The molecule has 0 saturated carbocycles. The number of amides is 2. The molecule has 0 spiro atoms. The number of urea groups is 1. The van der Waals surface area contributed by atoms with Crippen molar-refractivity contribution in [1.82, 2.24) is 20.0 Å². The van der Waals surface area contributed by atoms with E-state index in [1.807, 2.05) is 25.1 Å². The molecule has 2 rings (SSSR count).